The first-order valence-corrected chi connectivity index (χ1v) is 11.2. The van der Waals surface area contributed by atoms with Crippen molar-refractivity contribution in [1.29, 1.82) is 0 Å². The molecule has 0 atom stereocenters. The molecule has 1 aromatic heterocycles. The molecule has 10 heteroatoms. The number of carbonyl (C=O) groups excluding carboxylic acids is 1. The molecule has 1 aliphatic rings. The highest BCUT2D eigenvalue weighted by Crippen LogP contribution is 2.31. The van der Waals surface area contributed by atoms with Gasteiger partial charge in [-0.05, 0) is 42.0 Å². The summed E-state index contributed by atoms with van der Waals surface area (Å²) < 4.78 is 10.6. The van der Waals surface area contributed by atoms with Gasteiger partial charge in [-0.3, -0.25) is 19.9 Å². The Morgan fingerprint density at radius 2 is 1.83 bits per heavy atom. The molecule has 1 aliphatic heterocycles. The maximum atomic E-state index is 13.0. The van der Waals surface area contributed by atoms with Gasteiger partial charge in [-0.1, -0.05) is 6.07 Å². The van der Waals surface area contributed by atoms with Crippen LogP contribution in [0, 0.1) is 10.1 Å². The molecule has 0 saturated carbocycles. The second-order valence-electron chi connectivity index (χ2n) is 8.02. The van der Waals surface area contributed by atoms with Gasteiger partial charge in [-0.2, -0.15) is 0 Å². The maximum Gasteiger partial charge on any atom is 0.292 e. The van der Waals surface area contributed by atoms with E-state index in [1.54, 1.807) is 54.7 Å². The van der Waals surface area contributed by atoms with Crippen molar-refractivity contribution in [1.82, 2.24) is 9.88 Å². The highest BCUT2D eigenvalue weighted by atomic mass is 16.6. The average Bonchev–Trinajstić information content (AvgIpc) is 2.91. The standard InChI is InChI=1S/C25H27N5O5/c1-34-23-8-5-19(14-24(23)35-2)25(31)29-12-10-28(11-13-29)20-6-7-22(30(32)33)21(15-20)27-17-18-4-3-9-26-16-18/h3-9,14-16,27H,10-13,17H2,1-2H3. The van der Waals surface area contributed by atoms with E-state index in [4.69, 9.17) is 9.47 Å². The van der Waals surface area contributed by atoms with Crippen LogP contribution in [-0.4, -0.2) is 61.1 Å². The highest BCUT2D eigenvalue weighted by molar-refractivity contribution is 5.95. The molecule has 0 spiro atoms. The number of rotatable bonds is 8. The van der Waals surface area contributed by atoms with E-state index in [1.807, 2.05) is 12.1 Å². The molecule has 1 saturated heterocycles. The van der Waals surface area contributed by atoms with Crippen LogP contribution in [0.15, 0.2) is 60.9 Å². The Kier molecular flexibility index (Phi) is 7.30. The predicted octanol–water partition coefficient (Wildman–Crippen LogP) is 3.58. The van der Waals surface area contributed by atoms with E-state index < -0.39 is 4.92 Å². The third-order valence-electron chi connectivity index (χ3n) is 5.95. The van der Waals surface area contributed by atoms with Crippen molar-refractivity contribution in [2.24, 2.45) is 0 Å². The molecule has 0 aliphatic carbocycles. The number of nitrogens with zero attached hydrogens (tertiary/aromatic N) is 4. The van der Waals surface area contributed by atoms with Gasteiger partial charge in [0, 0.05) is 62.4 Å². The third-order valence-corrected chi connectivity index (χ3v) is 5.95. The molecule has 2 aromatic carbocycles. The van der Waals surface area contributed by atoms with Crippen molar-refractivity contribution in [3.63, 3.8) is 0 Å². The Hall–Kier alpha value is -4.34. The molecule has 3 aromatic rings. The molecule has 0 radical (unpaired) electrons. The van der Waals surface area contributed by atoms with E-state index in [2.05, 4.69) is 15.2 Å². The summed E-state index contributed by atoms with van der Waals surface area (Å²) in [6.45, 7) is 2.70. The van der Waals surface area contributed by atoms with Crippen LogP contribution in [0.1, 0.15) is 15.9 Å². The van der Waals surface area contributed by atoms with Crippen LogP contribution in [0.2, 0.25) is 0 Å². The van der Waals surface area contributed by atoms with Gasteiger partial charge in [0.15, 0.2) is 11.5 Å². The molecule has 1 N–H and O–H groups in total. The Morgan fingerprint density at radius 3 is 2.49 bits per heavy atom. The molecular formula is C25H27N5O5. The minimum absolute atomic E-state index is 0.0138. The molecule has 2 heterocycles. The second-order valence-corrected chi connectivity index (χ2v) is 8.02. The topological polar surface area (TPSA) is 110 Å². The van der Waals surface area contributed by atoms with Crippen molar-refractivity contribution in [3.05, 3.63) is 82.2 Å². The number of pyridine rings is 1. The number of methoxy groups -OCH3 is 2. The van der Waals surface area contributed by atoms with Crippen LogP contribution in [0.25, 0.3) is 0 Å². The number of aromatic nitrogens is 1. The van der Waals surface area contributed by atoms with E-state index >= 15 is 0 Å². The lowest BCUT2D eigenvalue weighted by Crippen LogP contribution is -2.48. The third kappa shape index (κ3) is 5.43. The van der Waals surface area contributed by atoms with E-state index in [1.165, 1.54) is 13.2 Å². The van der Waals surface area contributed by atoms with Gasteiger partial charge in [0.25, 0.3) is 11.6 Å². The molecule has 0 bridgehead atoms. The number of piperazine rings is 1. The fourth-order valence-electron chi connectivity index (χ4n) is 4.04. The van der Waals surface area contributed by atoms with Crippen LogP contribution in [0.3, 0.4) is 0 Å². The van der Waals surface area contributed by atoms with Gasteiger partial charge in [0.2, 0.25) is 0 Å². The number of amides is 1. The summed E-state index contributed by atoms with van der Waals surface area (Å²) in [5, 5.41) is 14.7. The average molecular weight is 478 g/mol. The zero-order valence-corrected chi connectivity index (χ0v) is 19.6. The summed E-state index contributed by atoms with van der Waals surface area (Å²) in [5.74, 6) is 1.00. The molecule has 10 nitrogen and oxygen atoms in total. The Bertz CT molecular complexity index is 1200. The number of nitro groups is 1. The first kappa shape index (κ1) is 23.8. The van der Waals surface area contributed by atoms with Gasteiger partial charge < -0.3 is 24.6 Å². The fraction of sp³-hybridized carbons (Fsp3) is 0.280. The second kappa shape index (κ2) is 10.7. The number of benzene rings is 2. The van der Waals surface area contributed by atoms with Crippen LogP contribution < -0.4 is 19.7 Å². The van der Waals surface area contributed by atoms with Crippen molar-refractivity contribution in [2.45, 2.75) is 6.54 Å². The fourth-order valence-corrected chi connectivity index (χ4v) is 4.04. The largest absolute Gasteiger partial charge is 0.493 e. The van der Waals surface area contributed by atoms with Crippen molar-refractivity contribution in [3.8, 4) is 11.5 Å². The lowest BCUT2D eigenvalue weighted by atomic mass is 10.1. The Labute approximate surface area is 203 Å². The first-order chi connectivity index (χ1) is 17.0. The Balaban J connectivity index is 1.44. The maximum absolute atomic E-state index is 13.0. The van der Waals surface area contributed by atoms with E-state index in [-0.39, 0.29) is 11.6 Å². The van der Waals surface area contributed by atoms with Crippen LogP contribution >= 0.6 is 0 Å². The molecule has 182 valence electrons. The smallest absolute Gasteiger partial charge is 0.292 e. The number of ether oxygens (including phenoxy) is 2. The zero-order chi connectivity index (χ0) is 24.8. The SMILES string of the molecule is COc1ccc(C(=O)N2CCN(c3ccc([N+](=O)[O-])c(NCc4cccnc4)c3)CC2)cc1OC. The summed E-state index contributed by atoms with van der Waals surface area (Å²) in [6.07, 6.45) is 3.40. The van der Waals surface area contributed by atoms with E-state index in [9.17, 15) is 14.9 Å². The molecule has 4 rings (SSSR count). The lowest BCUT2D eigenvalue weighted by molar-refractivity contribution is -0.384. The van der Waals surface area contributed by atoms with Gasteiger partial charge in [0.1, 0.15) is 5.69 Å². The van der Waals surface area contributed by atoms with Gasteiger partial charge in [-0.15, -0.1) is 0 Å². The molecular weight excluding hydrogens is 450 g/mol. The number of carbonyl (C=O) groups is 1. The molecule has 1 amide bonds. The van der Waals surface area contributed by atoms with Gasteiger partial charge in [-0.25, -0.2) is 0 Å². The van der Waals surface area contributed by atoms with Gasteiger partial charge in [0.05, 0.1) is 19.1 Å². The number of anilines is 2. The molecule has 0 unspecified atom stereocenters. The quantitative estimate of drug-likeness (QED) is 0.387. The number of hydrogen-bond donors (Lipinski definition) is 1. The summed E-state index contributed by atoms with van der Waals surface area (Å²) in [6, 6.07) is 13.9. The predicted molar refractivity (Wildman–Crippen MR) is 132 cm³/mol. The minimum atomic E-state index is -0.394. The normalized spacial score (nSPS) is 13.3. The van der Waals surface area contributed by atoms with Gasteiger partial charge >= 0.3 is 0 Å². The number of hydrogen-bond acceptors (Lipinski definition) is 8. The van der Waals surface area contributed by atoms with Crippen molar-refractivity contribution < 1.29 is 19.2 Å². The summed E-state index contributed by atoms with van der Waals surface area (Å²) in [7, 11) is 3.09. The highest BCUT2D eigenvalue weighted by Gasteiger charge is 2.24. The van der Waals surface area contributed by atoms with Crippen LogP contribution in [0.4, 0.5) is 17.1 Å². The minimum Gasteiger partial charge on any atom is -0.493 e. The van der Waals surface area contributed by atoms with Crippen LogP contribution in [-0.2, 0) is 6.54 Å². The summed E-state index contributed by atoms with van der Waals surface area (Å²) in [5.41, 5.74) is 2.78. The monoisotopic (exact) mass is 477 g/mol. The zero-order valence-electron chi connectivity index (χ0n) is 19.6. The van der Waals surface area contributed by atoms with Crippen LogP contribution in [0.5, 0.6) is 11.5 Å². The number of nitrogens with one attached hydrogen (secondary N) is 1. The summed E-state index contributed by atoms with van der Waals surface area (Å²) in [4.78, 5) is 32.2. The lowest BCUT2D eigenvalue weighted by Gasteiger charge is -2.36. The first-order valence-electron chi connectivity index (χ1n) is 11.2. The number of nitro benzene ring substituents is 1. The Morgan fingerprint density at radius 1 is 1.06 bits per heavy atom. The molecule has 1 fully saturated rings. The van der Waals surface area contributed by atoms with Crippen molar-refractivity contribution >= 4 is 23.0 Å². The van der Waals surface area contributed by atoms with Crippen molar-refractivity contribution in [2.75, 3.05) is 50.6 Å². The molecule has 35 heavy (non-hydrogen) atoms. The van der Waals surface area contributed by atoms with E-state index in [0.717, 1.165) is 11.3 Å². The van der Waals surface area contributed by atoms with E-state index in [0.29, 0.717) is 55.5 Å². The summed E-state index contributed by atoms with van der Waals surface area (Å²) >= 11 is 0.